The molecule has 7 heteroatoms. The predicted octanol–water partition coefficient (Wildman–Crippen LogP) is 2.13. The highest BCUT2D eigenvalue weighted by molar-refractivity contribution is 7.92. The number of benzene rings is 1. The molecule has 0 aliphatic rings. The first-order chi connectivity index (χ1) is 9.83. The monoisotopic (exact) mass is 304 g/mol. The van der Waals surface area contributed by atoms with Gasteiger partial charge < -0.3 is 0 Å². The lowest BCUT2D eigenvalue weighted by Gasteiger charge is -2.12. The van der Waals surface area contributed by atoms with Crippen molar-refractivity contribution in [3.63, 3.8) is 0 Å². The molecule has 110 valence electrons. The molecule has 1 aromatic heterocycles. The summed E-state index contributed by atoms with van der Waals surface area (Å²) in [6, 6.07) is 7.12. The van der Waals surface area contributed by atoms with E-state index < -0.39 is 10.0 Å². The van der Waals surface area contributed by atoms with Gasteiger partial charge in [-0.1, -0.05) is 17.7 Å². The molecule has 2 aromatic rings. The number of anilines is 1. The summed E-state index contributed by atoms with van der Waals surface area (Å²) in [6.07, 6.45) is 1.55. The minimum Gasteiger partial charge on any atom is -0.262 e. The van der Waals surface area contributed by atoms with E-state index in [-0.39, 0.29) is 17.3 Å². The predicted molar refractivity (Wildman–Crippen MR) is 79.3 cm³/mol. The van der Waals surface area contributed by atoms with Gasteiger partial charge in [-0.15, -0.1) is 0 Å². The van der Waals surface area contributed by atoms with Crippen molar-refractivity contribution in [1.29, 1.82) is 5.26 Å². The highest BCUT2D eigenvalue weighted by Gasteiger charge is 2.20. The van der Waals surface area contributed by atoms with Gasteiger partial charge in [-0.25, -0.2) is 8.42 Å². The molecule has 0 unspecified atom stereocenters. The normalized spacial score (nSPS) is 11.1. The van der Waals surface area contributed by atoms with Crippen LogP contribution in [0.15, 0.2) is 29.3 Å². The van der Waals surface area contributed by atoms with E-state index in [1.54, 1.807) is 20.0 Å². The van der Waals surface area contributed by atoms with Gasteiger partial charge in [0.1, 0.15) is 6.54 Å². The van der Waals surface area contributed by atoms with Crippen LogP contribution in [0.1, 0.15) is 16.7 Å². The Balaban J connectivity index is 2.37. The lowest BCUT2D eigenvalue weighted by atomic mass is 10.1. The second-order valence-corrected chi connectivity index (χ2v) is 6.51. The number of aromatic nitrogens is 2. The second-order valence-electron chi connectivity index (χ2n) is 4.89. The number of nitrogens with zero attached hydrogens (tertiary/aromatic N) is 3. The van der Waals surface area contributed by atoms with E-state index in [4.69, 9.17) is 5.26 Å². The molecule has 0 atom stereocenters. The van der Waals surface area contributed by atoms with Crippen LogP contribution in [-0.4, -0.2) is 18.2 Å². The second kappa shape index (κ2) is 5.58. The Morgan fingerprint density at radius 3 is 2.48 bits per heavy atom. The Kier molecular flexibility index (Phi) is 4.00. The van der Waals surface area contributed by atoms with Gasteiger partial charge in [-0.3, -0.25) is 9.40 Å². The van der Waals surface area contributed by atoms with Crippen LogP contribution >= 0.6 is 0 Å². The van der Waals surface area contributed by atoms with Crippen molar-refractivity contribution in [2.75, 3.05) is 4.72 Å². The maximum Gasteiger partial charge on any atom is 0.263 e. The third-order valence-corrected chi connectivity index (χ3v) is 4.64. The van der Waals surface area contributed by atoms with Gasteiger partial charge in [0, 0.05) is 12.3 Å². The Bertz CT molecular complexity index is 793. The van der Waals surface area contributed by atoms with E-state index in [0.717, 1.165) is 5.56 Å². The van der Waals surface area contributed by atoms with Crippen LogP contribution < -0.4 is 4.72 Å². The average Bonchev–Trinajstić information content (AvgIpc) is 2.74. The standard InChI is InChI=1S/C14H16N4O2S/c1-10-8-11(2)14(12(3)9-10)21(19,20)17-13-4-6-18(16-13)7-5-15/h4,6,8-9H,7H2,1-3H3,(H,16,17). The molecule has 0 saturated carbocycles. The lowest BCUT2D eigenvalue weighted by molar-refractivity contribution is 0.599. The van der Waals surface area contributed by atoms with E-state index in [9.17, 15) is 8.42 Å². The van der Waals surface area contributed by atoms with Gasteiger partial charge in [0.25, 0.3) is 10.0 Å². The van der Waals surface area contributed by atoms with E-state index in [0.29, 0.717) is 11.1 Å². The van der Waals surface area contributed by atoms with Crippen LogP contribution in [0, 0.1) is 32.1 Å². The fraction of sp³-hybridized carbons (Fsp3) is 0.286. The number of nitrogens with one attached hydrogen (secondary N) is 1. The van der Waals surface area contributed by atoms with Crippen LogP contribution in [0.2, 0.25) is 0 Å². The van der Waals surface area contributed by atoms with Crippen LogP contribution in [0.5, 0.6) is 0 Å². The Labute approximate surface area is 124 Å². The molecule has 0 radical (unpaired) electrons. The lowest BCUT2D eigenvalue weighted by Crippen LogP contribution is -2.16. The number of hydrogen-bond acceptors (Lipinski definition) is 4. The maximum absolute atomic E-state index is 12.5. The summed E-state index contributed by atoms with van der Waals surface area (Å²) in [6.45, 7) is 5.53. The molecule has 0 aliphatic carbocycles. The molecule has 0 bridgehead atoms. The zero-order valence-electron chi connectivity index (χ0n) is 12.1. The summed E-state index contributed by atoms with van der Waals surface area (Å²) in [4.78, 5) is 0.267. The zero-order valence-corrected chi connectivity index (χ0v) is 12.9. The summed E-state index contributed by atoms with van der Waals surface area (Å²) in [7, 11) is -3.70. The van der Waals surface area contributed by atoms with E-state index >= 15 is 0 Å². The first kappa shape index (κ1) is 15.1. The van der Waals surface area contributed by atoms with Crippen molar-refractivity contribution < 1.29 is 8.42 Å². The molecule has 21 heavy (non-hydrogen) atoms. The molecule has 0 spiro atoms. The largest absolute Gasteiger partial charge is 0.263 e. The number of aryl methyl sites for hydroxylation is 3. The van der Waals surface area contributed by atoms with E-state index in [1.807, 2.05) is 25.1 Å². The smallest absolute Gasteiger partial charge is 0.262 e. The molecule has 0 fully saturated rings. The van der Waals surface area contributed by atoms with Crippen molar-refractivity contribution >= 4 is 15.8 Å². The molecule has 2 rings (SSSR count). The molecule has 0 saturated heterocycles. The molecular formula is C14H16N4O2S. The third-order valence-electron chi connectivity index (χ3n) is 2.99. The highest BCUT2D eigenvalue weighted by atomic mass is 32.2. The van der Waals surface area contributed by atoms with Gasteiger partial charge in [-0.2, -0.15) is 10.4 Å². The number of sulfonamides is 1. The van der Waals surface area contributed by atoms with Gasteiger partial charge in [0.05, 0.1) is 11.0 Å². The minimum absolute atomic E-state index is 0.0737. The quantitative estimate of drug-likeness (QED) is 0.937. The molecule has 0 aliphatic heterocycles. The summed E-state index contributed by atoms with van der Waals surface area (Å²) in [5.41, 5.74) is 2.40. The summed E-state index contributed by atoms with van der Waals surface area (Å²) in [5.74, 6) is 0.199. The summed E-state index contributed by atoms with van der Waals surface area (Å²) in [5, 5.41) is 12.6. The van der Waals surface area contributed by atoms with Crippen molar-refractivity contribution in [3.8, 4) is 6.07 Å². The van der Waals surface area contributed by atoms with Crippen molar-refractivity contribution in [2.24, 2.45) is 0 Å². The fourth-order valence-electron chi connectivity index (χ4n) is 2.36. The number of rotatable bonds is 4. The topological polar surface area (TPSA) is 87.8 Å². The Morgan fingerprint density at radius 1 is 1.29 bits per heavy atom. The van der Waals surface area contributed by atoms with Crippen LogP contribution in [0.25, 0.3) is 0 Å². The fourth-order valence-corrected chi connectivity index (χ4v) is 3.81. The number of nitriles is 1. The SMILES string of the molecule is Cc1cc(C)c(S(=O)(=O)Nc2ccn(CC#N)n2)c(C)c1. The molecule has 1 aromatic carbocycles. The van der Waals surface area contributed by atoms with Crippen molar-refractivity contribution in [2.45, 2.75) is 32.2 Å². The molecular weight excluding hydrogens is 288 g/mol. The minimum atomic E-state index is -3.70. The third kappa shape index (κ3) is 3.23. The van der Waals surface area contributed by atoms with Crippen LogP contribution in [0.4, 0.5) is 5.82 Å². The summed E-state index contributed by atoms with van der Waals surface area (Å²) >= 11 is 0. The van der Waals surface area contributed by atoms with E-state index in [2.05, 4.69) is 9.82 Å². The van der Waals surface area contributed by atoms with Crippen LogP contribution in [-0.2, 0) is 16.6 Å². The van der Waals surface area contributed by atoms with Crippen molar-refractivity contribution in [3.05, 3.63) is 41.1 Å². The summed E-state index contributed by atoms with van der Waals surface area (Å²) < 4.78 is 28.8. The first-order valence-corrected chi connectivity index (χ1v) is 7.83. The van der Waals surface area contributed by atoms with Gasteiger partial charge in [-0.05, 0) is 31.9 Å². The maximum atomic E-state index is 12.5. The molecule has 1 N–H and O–H groups in total. The van der Waals surface area contributed by atoms with Gasteiger partial charge in [0.15, 0.2) is 5.82 Å². The highest BCUT2D eigenvalue weighted by Crippen LogP contribution is 2.23. The van der Waals surface area contributed by atoms with Crippen LogP contribution in [0.3, 0.4) is 0 Å². The molecule has 6 nitrogen and oxygen atoms in total. The Hall–Kier alpha value is -2.33. The van der Waals surface area contributed by atoms with E-state index in [1.165, 1.54) is 10.7 Å². The van der Waals surface area contributed by atoms with Gasteiger partial charge >= 0.3 is 0 Å². The zero-order chi connectivity index (χ0) is 15.6. The molecule has 1 heterocycles. The number of hydrogen-bond donors (Lipinski definition) is 1. The van der Waals surface area contributed by atoms with Crippen molar-refractivity contribution in [1.82, 2.24) is 9.78 Å². The molecule has 0 amide bonds. The van der Waals surface area contributed by atoms with Gasteiger partial charge in [0.2, 0.25) is 0 Å². The Morgan fingerprint density at radius 2 is 1.90 bits per heavy atom. The first-order valence-electron chi connectivity index (χ1n) is 6.34. The average molecular weight is 304 g/mol.